The number of aliphatic hydroxyl groups is 2. The highest BCUT2D eigenvalue weighted by atomic mass is 16.5. The van der Waals surface area contributed by atoms with Crippen LogP contribution in [0.1, 0.15) is 20.8 Å². The number of nitrogens with one attached hydrogen (secondary N) is 1. The van der Waals surface area contributed by atoms with Gasteiger partial charge in [-0.15, -0.1) is 0 Å². The molecule has 0 saturated carbocycles. The molecular weight excluding hydrogens is 208 g/mol. The first kappa shape index (κ1) is 13.2. The molecule has 2 unspecified atom stereocenters. The monoisotopic (exact) mass is 228 g/mol. The van der Waals surface area contributed by atoms with Crippen LogP contribution in [0.2, 0.25) is 0 Å². The zero-order chi connectivity index (χ0) is 12.1. The van der Waals surface area contributed by atoms with Gasteiger partial charge < -0.3 is 20.3 Å². The van der Waals surface area contributed by atoms with Crippen LogP contribution in [0.15, 0.2) is 16.8 Å². The molecule has 16 heavy (non-hydrogen) atoms. The summed E-state index contributed by atoms with van der Waals surface area (Å²) >= 11 is 0. The molecule has 92 valence electrons. The second-order valence-electron chi connectivity index (χ2n) is 4.20. The predicted molar refractivity (Wildman–Crippen MR) is 62.0 cm³/mol. The van der Waals surface area contributed by atoms with Gasteiger partial charge in [-0.2, -0.15) is 0 Å². The molecule has 5 heteroatoms. The van der Waals surface area contributed by atoms with Crippen LogP contribution >= 0.6 is 0 Å². The van der Waals surface area contributed by atoms with E-state index in [0.717, 1.165) is 11.5 Å². The van der Waals surface area contributed by atoms with Gasteiger partial charge in [0.25, 0.3) is 0 Å². The summed E-state index contributed by atoms with van der Waals surface area (Å²) in [7, 11) is 0. The van der Waals surface area contributed by atoms with Gasteiger partial charge in [-0.1, -0.05) is 13.8 Å². The molecule has 0 radical (unpaired) electrons. The highest BCUT2D eigenvalue weighted by Crippen LogP contribution is 2.10. The molecule has 0 bridgehead atoms. The van der Waals surface area contributed by atoms with Gasteiger partial charge in [-0.05, 0) is 13.0 Å². The van der Waals surface area contributed by atoms with Crippen molar-refractivity contribution in [3.05, 3.63) is 11.8 Å². The Balaban J connectivity index is 2.54. The lowest BCUT2D eigenvalue weighted by Crippen LogP contribution is -2.34. The second kappa shape index (κ2) is 5.98. The fourth-order valence-corrected chi connectivity index (χ4v) is 1.31. The summed E-state index contributed by atoms with van der Waals surface area (Å²) in [5.41, 5.74) is 0.988. The van der Waals surface area contributed by atoms with Gasteiger partial charge in [-0.25, -0.2) is 4.99 Å². The smallest absolute Gasteiger partial charge is 0.171 e. The van der Waals surface area contributed by atoms with Gasteiger partial charge in [0.15, 0.2) is 6.23 Å². The van der Waals surface area contributed by atoms with E-state index < -0.39 is 6.10 Å². The van der Waals surface area contributed by atoms with Gasteiger partial charge in [0.2, 0.25) is 0 Å². The number of rotatable bonds is 5. The van der Waals surface area contributed by atoms with Crippen LogP contribution in [-0.2, 0) is 4.74 Å². The summed E-state index contributed by atoms with van der Waals surface area (Å²) in [6.07, 6.45) is 0.622. The maximum Gasteiger partial charge on any atom is 0.171 e. The summed E-state index contributed by atoms with van der Waals surface area (Å²) in [5, 5.41) is 21.0. The molecule has 0 aromatic carbocycles. The maximum absolute atomic E-state index is 9.17. The van der Waals surface area contributed by atoms with Crippen molar-refractivity contribution in [2.45, 2.75) is 33.1 Å². The van der Waals surface area contributed by atoms with Crippen molar-refractivity contribution in [3.8, 4) is 0 Å². The Bertz CT molecular complexity index is 287. The van der Waals surface area contributed by atoms with Gasteiger partial charge in [0.05, 0.1) is 13.2 Å². The fraction of sp³-hybridized carbons (Fsp3) is 0.727. The highest BCUT2D eigenvalue weighted by molar-refractivity contribution is 5.86. The Morgan fingerprint density at radius 3 is 2.81 bits per heavy atom. The first-order valence-electron chi connectivity index (χ1n) is 5.46. The standard InChI is InChI=1S/C11H20N2O3/c1-7(2)11-12-8(3)4-10(13-11)16-6-9(15)5-14/h4,7,9-10,14-15H,5-6H2,1-3H3,(H,12,13). The number of aliphatic imine (C=N–C) groups is 1. The summed E-state index contributed by atoms with van der Waals surface area (Å²) in [4.78, 5) is 4.35. The summed E-state index contributed by atoms with van der Waals surface area (Å²) < 4.78 is 5.37. The van der Waals surface area contributed by atoms with E-state index >= 15 is 0 Å². The molecule has 0 fully saturated rings. The number of ether oxygens (including phenoxy) is 1. The third kappa shape index (κ3) is 3.92. The molecule has 1 aliphatic heterocycles. The molecule has 2 atom stereocenters. The molecule has 1 aliphatic rings. The zero-order valence-corrected chi connectivity index (χ0v) is 9.97. The molecule has 0 saturated heterocycles. The van der Waals surface area contributed by atoms with E-state index in [1.54, 1.807) is 0 Å². The van der Waals surface area contributed by atoms with E-state index in [2.05, 4.69) is 10.3 Å². The van der Waals surface area contributed by atoms with E-state index in [4.69, 9.17) is 14.9 Å². The third-order valence-electron chi connectivity index (χ3n) is 2.20. The van der Waals surface area contributed by atoms with Crippen molar-refractivity contribution < 1.29 is 14.9 Å². The van der Waals surface area contributed by atoms with Crippen LogP contribution in [0.5, 0.6) is 0 Å². The zero-order valence-electron chi connectivity index (χ0n) is 9.97. The van der Waals surface area contributed by atoms with Crippen molar-refractivity contribution in [2.75, 3.05) is 13.2 Å². The quantitative estimate of drug-likeness (QED) is 0.630. The number of hydrogen-bond acceptors (Lipinski definition) is 5. The number of allylic oxidation sites excluding steroid dienone is 1. The largest absolute Gasteiger partial charge is 0.394 e. The van der Waals surface area contributed by atoms with Gasteiger partial charge in [-0.3, -0.25) is 0 Å². The minimum Gasteiger partial charge on any atom is -0.394 e. The molecule has 0 amide bonds. The third-order valence-corrected chi connectivity index (χ3v) is 2.20. The van der Waals surface area contributed by atoms with Crippen molar-refractivity contribution in [1.29, 1.82) is 0 Å². The average molecular weight is 228 g/mol. The van der Waals surface area contributed by atoms with Gasteiger partial charge in [0.1, 0.15) is 11.9 Å². The molecule has 3 N–H and O–H groups in total. The summed E-state index contributed by atoms with van der Waals surface area (Å²) in [5.74, 6) is 1.18. The van der Waals surface area contributed by atoms with Gasteiger partial charge >= 0.3 is 0 Å². The van der Waals surface area contributed by atoms with Crippen LogP contribution in [0.25, 0.3) is 0 Å². The van der Waals surface area contributed by atoms with Crippen molar-refractivity contribution in [1.82, 2.24) is 5.32 Å². The van der Waals surface area contributed by atoms with E-state index in [-0.39, 0.29) is 19.4 Å². The number of nitrogens with zero attached hydrogens (tertiary/aromatic N) is 1. The summed E-state index contributed by atoms with van der Waals surface area (Å²) in [6, 6.07) is 0. The van der Waals surface area contributed by atoms with Crippen LogP contribution in [0.3, 0.4) is 0 Å². The average Bonchev–Trinajstić information content (AvgIpc) is 2.25. The number of aliphatic hydroxyl groups excluding tert-OH is 2. The van der Waals surface area contributed by atoms with E-state index in [1.165, 1.54) is 0 Å². The van der Waals surface area contributed by atoms with E-state index in [1.807, 2.05) is 26.8 Å². The minimum atomic E-state index is -0.846. The van der Waals surface area contributed by atoms with Crippen LogP contribution in [0.4, 0.5) is 0 Å². The molecule has 1 heterocycles. The molecule has 0 spiro atoms. The topological polar surface area (TPSA) is 74.1 Å². The Morgan fingerprint density at radius 1 is 1.56 bits per heavy atom. The lowest BCUT2D eigenvalue weighted by atomic mass is 10.1. The maximum atomic E-state index is 9.17. The van der Waals surface area contributed by atoms with Gasteiger partial charge in [0, 0.05) is 11.6 Å². The van der Waals surface area contributed by atoms with E-state index in [9.17, 15) is 0 Å². The van der Waals surface area contributed by atoms with Crippen LogP contribution < -0.4 is 5.32 Å². The molecule has 5 nitrogen and oxygen atoms in total. The molecule has 0 aromatic rings. The van der Waals surface area contributed by atoms with Crippen LogP contribution in [-0.4, -0.2) is 41.6 Å². The van der Waals surface area contributed by atoms with Crippen molar-refractivity contribution in [3.63, 3.8) is 0 Å². The molecule has 0 aromatic heterocycles. The SMILES string of the molecule is CC1=CC(OCC(O)CO)N=C(C(C)C)N1. The Kier molecular flexibility index (Phi) is 4.92. The highest BCUT2D eigenvalue weighted by Gasteiger charge is 2.16. The van der Waals surface area contributed by atoms with Crippen molar-refractivity contribution >= 4 is 5.84 Å². The molecule has 0 aliphatic carbocycles. The van der Waals surface area contributed by atoms with Crippen LogP contribution in [0, 0.1) is 5.92 Å². The van der Waals surface area contributed by atoms with E-state index in [0.29, 0.717) is 5.92 Å². The summed E-state index contributed by atoms with van der Waals surface area (Å²) in [6.45, 7) is 5.82. The minimum absolute atomic E-state index is 0.0832. The fourth-order valence-electron chi connectivity index (χ4n) is 1.31. The molecular formula is C11H20N2O3. The number of hydrogen-bond donors (Lipinski definition) is 3. The Labute approximate surface area is 95.8 Å². The second-order valence-corrected chi connectivity index (χ2v) is 4.20. The normalized spacial score (nSPS) is 22.5. The Hall–Kier alpha value is -0.910. The lowest BCUT2D eigenvalue weighted by Gasteiger charge is -2.23. The lowest BCUT2D eigenvalue weighted by molar-refractivity contribution is -0.0121. The first-order chi connectivity index (χ1) is 7.52. The van der Waals surface area contributed by atoms with Crippen molar-refractivity contribution in [2.24, 2.45) is 10.9 Å². The molecule has 1 rings (SSSR count). The Morgan fingerprint density at radius 2 is 2.25 bits per heavy atom. The predicted octanol–water partition coefficient (Wildman–Crippen LogP) is 0.244. The number of amidine groups is 1. The first-order valence-corrected chi connectivity index (χ1v) is 5.46.